The topological polar surface area (TPSA) is 85.3 Å². The number of hydrogen-bond acceptors (Lipinski definition) is 6. The molecular weight excluding hydrogens is 264 g/mol. The highest BCUT2D eigenvalue weighted by Gasteiger charge is 2.28. The predicted octanol–water partition coefficient (Wildman–Crippen LogP) is 2.29. The van der Waals surface area contributed by atoms with Gasteiger partial charge in [-0.3, -0.25) is 10.1 Å². The molecule has 0 saturated carbocycles. The van der Waals surface area contributed by atoms with Crippen LogP contribution in [0.1, 0.15) is 20.3 Å². The summed E-state index contributed by atoms with van der Waals surface area (Å²) >= 11 is 1.89. The molecule has 0 atom stereocenters. The Labute approximate surface area is 116 Å². The van der Waals surface area contributed by atoms with Crippen LogP contribution in [0.3, 0.4) is 0 Å². The molecule has 6 nitrogen and oxygen atoms in total. The van der Waals surface area contributed by atoms with Gasteiger partial charge in [-0.2, -0.15) is 11.8 Å². The lowest BCUT2D eigenvalue weighted by atomic mass is 10.1. The number of nitro groups is 1. The number of rotatable bonds is 2. The summed E-state index contributed by atoms with van der Waals surface area (Å²) in [4.78, 5) is 16.8. The SMILES string of the molecule is CC1(C)CCN(c2nc(N)ccc2[N+](=O)[O-])CCS1. The molecule has 7 heteroatoms. The summed E-state index contributed by atoms with van der Waals surface area (Å²) < 4.78 is 0.198. The average molecular weight is 282 g/mol. The maximum atomic E-state index is 11.1. The third kappa shape index (κ3) is 3.28. The van der Waals surface area contributed by atoms with Crippen molar-refractivity contribution in [1.82, 2.24) is 4.98 Å². The van der Waals surface area contributed by atoms with Crippen molar-refractivity contribution in [2.45, 2.75) is 25.0 Å². The van der Waals surface area contributed by atoms with Crippen LogP contribution in [0.2, 0.25) is 0 Å². The van der Waals surface area contributed by atoms with E-state index in [0.29, 0.717) is 11.6 Å². The second kappa shape index (κ2) is 5.24. The van der Waals surface area contributed by atoms with E-state index in [4.69, 9.17) is 5.73 Å². The van der Waals surface area contributed by atoms with Crippen LogP contribution in [0, 0.1) is 10.1 Å². The molecule has 19 heavy (non-hydrogen) atoms. The first kappa shape index (κ1) is 13.9. The van der Waals surface area contributed by atoms with Gasteiger partial charge in [-0.25, -0.2) is 4.98 Å². The lowest BCUT2D eigenvalue weighted by Gasteiger charge is -2.23. The summed E-state index contributed by atoms with van der Waals surface area (Å²) in [5.74, 6) is 1.64. The van der Waals surface area contributed by atoms with Gasteiger partial charge in [-0.05, 0) is 12.5 Å². The Hall–Kier alpha value is -1.50. The Bertz CT molecular complexity index is 493. The van der Waals surface area contributed by atoms with Crippen LogP contribution in [0.15, 0.2) is 12.1 Å². The summed E-state index contributed by atoms with van der Waals surface area (Å²) in [5, 5.41) is 11.1. The van der Waals surface area contributed by atoms with Crippen LogP contribution in [0.25, 0.3) is 0 Å². The van der Waals surface area contributed by atoms with E-state index in [1.807, 2.05) is 16.7 Å². The molecule has 1 aliphatic rings. The van der Waals surface area contributed by atoms with Gasteiger partial charge in [0.1, 0.15) is 5.82 Å². The monoisotopic (exact) mass is 282 g/mol. The van der Waals surface area contributed by atoms with Crippen LogP contribution < -0.4 is 10.6 Å². The zero-order chi connectivity index (χ0) is 14.0. The Morgan fingerprint density at radius 3 is 2.89 bits per heavy atom. The minimum Gasteiger partial charge on any atom is -0.384 e. The number of hydrogen-bond donors (Lipinski definition) is 1. The molecule has 0 radical (unpaired) electrons. The van der Waals surface area contributed by atoms with Gasteiger partial charge in [0.05, 0.1) is 4.92 Å². The first-order valence-corrected chi connectivity index (χ1v) is 7.17. The Morgan fingerprint density at radius 1 is 1.47 bits per heavy atom. The minimum absolute atomic E-state index is 0.0268. The second-order valence-corrected chi connectivity index (χ2v) is 6.98. The maximum absolute atomic E-state index is 11.1. The quantitative estimate of drug-likeness (QED) is 0.661. The van der Waals surface area contributed by atoms with Gasteiger partial charge in [0, 0.05) is 29.7 Å². The lowest BCUT2D eigenvalue weighted by molar-refractivity contribution is -0.384. The molecule has 1 aliphatic heterocycles. The highest BCUT2D eigenvalue weighted by Crippen LogP contribution is 2.34. The molecular formula is C12H18N4O2S. The molecule has 0 bridgehead atoms. The lowest BCUT2D eigenvalue weighted by Crippen LogP contribution is -2.28. The Kier molecular flexibility index (Phi) is 3.84. The number of nitrogens with two attached hydrogens (primary N) is 1. The molecule has 104 valence electrons. The van der Waals surface area contributed by atoms with Gasteiger partial charge >= 0.3 is 5.69 Å². The van der Waals surface area contributed by atoms with E-state index in [9.17, 15) is 10.1 Å². The normalized spacial score (nSPS) is 18.9. The van der Waals surface area contributed by atoms with Crippen molar-refractivity contribution in [3.05, 3.63) is 22.2 Å². The molecule has 0 spiro atoms. The van der Waals surface area contributed by atoms with Gasteiger partial charge in [0.25, 0.3) is 0 Å². The first-order valence-electron chi connectivity index (χ1n) is 6.19. The fraction of sp³-hybridized carbons (Fsp3) is 0.583. The highest BCUT2D eigenvalue weighted by atomic mass is 32.2. The van der Waals surface area contributed by atoms with Crippen molar-refractivity contribution in [3.63, 3.8) is 0 Å². The van der Waals surface area contributed by atoms with Crippen molar-refractivity contribution in [3.8, 4) is 0 Å². The molecule has 2 rings (SSSR count). The summed E-state index contributed by atoms with van der Waals surface area (Å²) in [6.45, 7) is 5.91. The van der Waals surface area contributed by atoms with Crippen molar-refractivity contribution in [2.24, 2.45) is 0 Å². The molecule has 1 saturated heterocycles. The first-order chi connectivity index (χ1) is 8.89. The smallest absolute Gasteiger partial charge is 0.311 e. The number of nitrogen functional groups attached to an aromatic ring is 1. The van der Waals surface area contributed by atoms with Crippen LogP contribution in [-0.4, -0.2) is 33.5 Å². The van der Waals surface area contributed by atoms with Gasteiger partial charge in [0.2, 0.25) is 5.82 Å². The molecule has 1 aromatic heterocycles. The standard InChI is InChI=1S/C12H18N4O2S/c1-12(2)5-6-15(7-8-19-12)11-9(16(17)18)3-4-10(13)14-11/h3-4H,5-8H2,1-2H3,(H2,13,14). The molecule has 2 N–H and O–H groups in total. The van der Waals surface area contributed by atoms with Crippen molar-refractivity contribution in [2.75, 3.05) is 29.5 Å². The highest BCUT2D eigenvalue weighted by molar-refractivity contribution is 8.00. The van der Waals surface area contributed by atoms with Crippen molar-refractivity contribution in [1.29, 1.82) is 0 Å². The largest absolute Gasteiger partial charge is 0.384 e. The fourth-order valence-electron chi connectivity index (χ4n) is 2.06. The van der Waals surface area contributed by atoms with Crippen LogP contribution in [-0.2, 0) is 0 Å². The third-order valence-corrected chi connectivity index (χ3v) is 4.58. The molecule has 0 amide bonds. The van der Waals surface area contributed by atoms with E-state index in [1.54, 1.807) is 0 Å². The third-order valence-electron chi connectivity index (χ3n) is 3.21. The fourth-order valence-corrected chi connectivity index (χ4v) is 3.16. The summed E-state index contributed by atoms with van der Waals surface area (Å²) in [5.41, 5.74) is 5.69. The van der Waals surface area contributed by atoms with Crippen LogP contribution in [0.4, 0.5) is 17.3 Å². The molecule has 1 fully saturated rings. The van der Waals surface area contributed by atoms with Crippen molar-refractivity contribution < 1.29 is 4.92 Å². The van der Waals surface area contributed by atoms with E-state index >= 15 is 0 Å². The number of anilines is 2. The van der Waals surface area contributed by atoms with Gasteiger partial charge < -0.3 is 10.6 Å². The summed E-state index contributed by atoms with van der Waals surface area (Å²) in [7, 11) is 0. The van der Waals surface area contributed by atoms with Gasteiger partial charge in [0.15, 0.2) is 0 Å². The van der Waals surface area contributed by atoms with E-state index in [2.05, 4.69) is 18.8 Å². The van der Waals surface area contributed by atoms with E-state index in [-0.39, 0.29) is 10.4 Å². The van der Waals surface area contributed by atoms with E-state index in [1.165, 1.54) is 12.1 Å². The number of thioether (sulfide) groups is 1. The van der Waals surface area contributed by atoms with Gasteiger partial charge in [-0.15, -0.1) is 0 Å². The zero-order valence-corrected chi connectivity index (χ0v) is 11.9. The zero-order valence-electron chi connectivity index (χ0n) is 11.1. The van der Waals surface area contributed by atoms with Crippen LogP contribution in [0.5, 0.6) is 0 Å². The minimum atomic E-state index is -0.398. The van der Waals surface area contributed by atoms with E-state index < -0.39 is 4.92 Å². The van der Waals surface area contributed by atoms with Crippen LogP contribution >= 0.6 is 11.8 Å². The van der Waals surface area contributed by atoms with Gasteiger partial charge in [-0.1, -0.05) is 13.8 Å². The molecule has 0 aromatic carbocycles. The Balaban J connectivity index is 2.30. The molecule has 0 aliphatic carbocycles. The summed E-state index contributed by atoms with van der Waals surface area (Å²) in [6.07, 6.45) is 0.964. The molecule has 0 unspecified atom stereocenters. The second-order valence-electron chi connectivity index (χ2n) is 5.18. The predicted molar refractivity (Wildman–Crippen MR) is 78.7 cm³/mol. The Morgan fingerprint density at radius 2 is 2.21 bits per heavy atom. The number of aromatic nitrogens is 1. The number of pyridine rings is 1. The molecule has 2 heterocycles. The van der Waals surface area contributed by atoms with Crippen molar-refractivity contribution >= 4 is 29.1 Å². The van der Waals surface area contributed by atoms with E-state index in [0.717, 1.165) is 25.3 Å². The maximum Gasteiger partial charge on any atom is 0.311 e. The average Bonchev–Trinajstić information content (AvgIpc) is 2.49. The number of nitrogens with zero attached hydrogens (tertiary/aromatic N) is 3. The molecule has 1 aromatic rings. The summed E-state index contributed by atoms with van der Waals surface area (Å²) in [6, 6.07) is 2.90.